The molecule has 2 aromatic rings. The molecule has 0 aliphatic carbocycles. The Morgan fingerprint density at radius 2 is 1.79 bits per heavy atom. The molecule has 8 heteroatoms. The van der Waals surface area contributed by atoms with E-state index in [4.69, 9.17) is 9.47 Å². The fourth-order valence-corrected chi connectivity index (χ4v) is 3.56. The first kappa shape index (κ1) is 22.4. The molecule has 0 aliphatic rings. The van der Waals surface area contributed by atoms with Crippen molar-refractivity contribution in [1.29, 1.82) is 0 Å². The second kappa shape index (κ2) is 10.1. The minimum Gasteiger partial charge on any atom is -0.465 e. The first-order valence-electron chi connectivity index (χ1n) is 9.19. The molecule has 0 atom stereocenters. The number of benzene rings is 1. The van der Waals surface area contributed by atoms with Gasteiger partial charge in [-0.05, 0) is 43.7 Å². The third-order valence-corrected chi connectivity index (χ3v) is 4.72. The summed E-state index contributed by atoms with van der Waals surface area (Å²) in [6, 6.07) is 9.34. The Morgan fingerprint density at radius 1 is 1.10 bits per heavy atom. The van der Waals surface area contributed by atoms with E-state index in [0.717, 1.165) is 5.56 Å². The molecule has 0 spiro atoms. The molecular formula is C21H26N2O5S. The highest BCUT2D eigenvalue weighted by molar-refractivity contribution is 7.15. The number of thiophene rings is 1. The molecule has 7 nitrogen and oxygen atoms in total. The summed E-state index contributed by atoms with van der Waals surface area (Å²) in [6.07, 6.45) is 0.0765. The smallest absolute Gasteiger partial charge is 0.407 e. The maximum absolute atomic E-state index is 12.4. The van der Waals surface area contributed by atoms with Gasteiger partial charge in [-0.15, -0.1) is 11.3 Å². The van der Waals surface area contributed by atoms with Crippen LogP contribution in [0.4, 0.5) is 9.80 Å². The Bertz CT molecular complexity index is 856. The lowest BCUT2D eigenvalue weighted by Crippen LogP contribution is -2.33. The van der Waals surface area contributed by atoms with Crippen LogP contribution in [-0.2, 0) is 27.1 Å². The Balaban J connectivity index is 2.03. The van der Waals surface area contributed by atoms with Gasteiger partial charge in [-0.2, -0.15) is 0 Å². The predicted molar refractivity (Wildman–Crippen MR) is 112 cm³/mol. The quantitative estimate of drug-likeness (QED) is 0.668. The van der Waals surface area contributed by atoms with E-state index in [9.17, 15) is 14.4 Å². The topological polar surface area (TPSA) is 93.7 Å². The lowest BCUT2D eigenvalue weighted by Gasteiger charge is -2.19. The molecule has 1 heterocycles. The van der Waals surface area contributed by atoms with Crippen LogP contribution in [0.15, 0.2) is 35.7 Å². The van der Waals surface area contributed by atoms with Crippen LogP contribution >= 0.6 is 11.3 Å². The van der Waals surface area contributed by atoms with E-state index in [1.165, 1.54) is 18.4 Å². The van der Waals surface area contributed by atoms with Crippen molar-refractivity contribution in [2.45, 2.75) is 39.2 Å². The van der Waals surface area contributed by atoms with E-state index in [-0.39, 0.29) is 18.9 Å². The van der Waals surface area contributed by atoms with E-state index in [1.807, 2.05) is 30.3 Å². The first-order valence-corrected chi connectivity index (χ1v) is 10.1. The van der Waals surface area contributed by atoms with Gasteiger partial charge in [-0.25, -0.2) is 9.59 Å². The van der Waals surface area contributed by atoms with E-state index in [1.54, 1.807) is 26.2 Å². The van der Waals surface area contributed by atoms with Gasteiger partial charge in [0.05, 0.1) is 19.1 Å². The molecule has 2 rings (SSSR count). The monoisotopic (exact) mass is 418 g/mol. The highest BCUT2D eigenvalue weighted by Gasteiger charge is 2.22. The highest BCUT2D eigenvalue weighted by atomic mass is 32.1. The van der Waals surface area contributed by atoms with Crippen molar-refractivity contribution < 1.29 is 23.9 Å². The van der Waals surface area contributed by atoms with Crippen LogP contribution in [0.3, 0.4) is 0 Å². The number of rotatable bonds is 7. The lowest BCUT2D eigenvalue weighted by atomic mass is 10.1. The number of carbonyl (C=O) groups excluding carboxylic acids is 3. The van der Waals surface area contributed by atoms with Crippen LogP contribution in [0.5, 0.6) is 0 Å². The molecule has 0 bridgehead atoms. The molecule has 0 saturated carbocycles. The molecule has 1 aromatic carbocycles. The van der Waals surface area contributed by atoms with Crippen LogP contribution in [0.25, 0.3) is 0 Å². The molecule has 2 N–H and O–H groups in total. The predicted octanol–water partition coefficient (Wildman–Crippen LogP) is 3.78. The van der Waals surface area contributed by atoms with Gasteiger partial charge in [0.1, 0.15) is 10.6 Å². The zero-order valence-corrected chi connectivity index (χ0v) is 17.9. The summed E-state index contributed by atoms with van der Waals surface area (Å²) in [7, 11) is 1.29. The molecule has 0 radical (unpaired) electrons. The Kier molecular flexibility index (Phi) is 7.78. The van der Waals surface area contributed by atoms with Crippen molar-refractivity contribution >= 4 is 34.3 Å². The number of nitrogens with one attached hydrogen (secondary N) is 2. The zero-order valence-electron chi connectivity index (χ0n) is 17.0. The normalized spacial score (nSPS) is 10.9. The number of methoxy groups -OCH3 is 1. The number of hydrogen-bond acceptors (Lipinski definition) is 6. The van der Waals surface area contributed by atoms with Crippen molar-refractivity contribution in [3.63, 3.8) is 0 Å². The van der Waals surface area contributed by atoms with Gasteiger partial charge in [0.15, 0.2) is 0 Å². The van der Waals surface area contributed by atoms with E-state index in [2.05, 4.69) is 10.6 Å². The Hall–Kier alpha value is -2.87. The van der Waals surface area contributed by atoms with Gasteiger partial charge in [-0.1, -0.05) is 30.3 Å². The molecule has 0 unspecified atom stereocenters. The van der Waals surface area contributed by atoms with E-state index in [0.29, 0.717) is 22.5 Å². The molecule has 0 fully saturated rings. The SMILES string of the molecule is COC(=O)c1c(CCNC(=O)OC(C)(C)C)csc1NC(=O)Cc1ccccc1. The summed E-state index contributed by atoms with van der Waals surface area (Å²) in [6.45, 7) is 5.63. The second-order valence-electron chi connectivity index (χ2n) is 7.35. The third-order valence-electron chi connectivity index (χ3n) is 3.78. The van der Waals surface area contributed by atoms with Crippen molar-refractivity contribution in [1.82, 2.24) is 5.32 Å². The number of carbonyl (C=O) groups is 3. The molecule has 1 aromatic heterocycles. The molecular weight excluding hydrogens is 392 g/mol. The summed E-state index contributed by atoms with van der Waals surface area (Å²) < 4.78 is 10.1. The van der Waals surface area contributed by atoms with Gasteiger partial charge in [0.2, 0.25) is 5.91 Å². The van der Waals surface area contributed by atoms with Crippen molar-refractivity contribution in [2.24, 2.45) is 0 Å². The zero-order chi connectivity index (χ0) is 21.4. The fraction of sp³-hybridized carbons (Fsp3) is 0.381. The fourth-order valence-electron chi connectivity index (χ4n) is 2.56. The molecule has 2 amide bonds. The lowest BCUT2D eigenvalue weighted by molar-refractivity contribution is -0.115. The van der Waals surface area contributed by atoms with Gasteiger partial charge >= 0.3 is 12.1 Å². The minimum atomic E-state index is -0.583. The van der Waals surface area contributed by atoms with Crippen molar-refractivity contribution in [3.05, 3.63) is 52.4 Å². The summed E-state index contributed by atoms with van der Waals surface area (Å²) in [5.41, 5.74) is 1.29. The highest BCUT2D eigenvalue weighted by Crippen LogP contribution is 2.29. The molecule has 29 heavy (non-hydrogen) atoms. The van der Waals surface area contributed by atoms with E-state index < -0.39 is 17.7 Å². The molecule has 156 valence electrons. The van der Waals surface area contributed by atoms with Crippen LogP contribution in [-0.4, -0.2) is 37.2 Å². The first-order chi connectivity index (χ1) is 13.7. The molecule has 0 aliphatic heterocycles. The maximum Gasteiger partial charge on any atom is 0.407 e. The number of alkyl carbamates (subject to hydrolysis) is 1. The van der Waals surface area contributed by atoms with Gasteiger partial charge < -0.3 is 20.1 Å². The van der Waals surface area contributed by atoms with Crippen molar-refractivity contribution in [2.75, 3.05) is 19.0 Å². The van der Waals surface area contributed by atoms with Crippen LogP contribution in [0, 0.1) is 0 Å². The Morgan fingerprint density at radius 3 is 2.41 bits per heavy atom. The summed E-state index contributed by atoms with van der Waals surface area (Å²) in [5.74, 6) is -0.754. The average Bonchev–Trinajstić information content (AvgIpc) is 3.02. The standard InChI is InChI=1S/C21H26N2O5S/c1-21(2,3)28-20(26)22-11-10-15-13-29-18(17(15)19(25)27-4)23-16(24)12-14-8-6-5-7-9-14/h5-9,13H,10-12H2,1-4H3,(H,22,26)(H,23,24). The summed E-state index contributed by atoms with van der Waals surface area (Å²) >= 11 is 1.25. The summed E-state index contributed by atoms with van der Waals surface area (Å²) in [5, 5.41) is 7.66. The minimum absolute atomic E-state index is 0.203. The van der Waals surface area contributed by atoms with Gasteiger partial charge in [-0.3, -0.25) is 4.79 Å². The number of esters is 1. The Labute approximate surface area is 174 Å². The number of amides is 2. The number of ether oxygens (including phenoxy) is 2. The van der Waals surface area contributed by atoms with Crippen LogP contribution in [0.1, 0.15) is 42.3 Å². The largest absolute Gasteiger partial charge is 0.465 e. The number of hydrogen-bond donors (Lipinski definition) is 2. The third kappa shape index (κ3) is 7.23. The summed E-state index contributed by atoms with van der Waals surface area (Å²) in [4.78, 5) is 36.4. The van der Waals surface area contributed by atoms with E-state index >= 15 is 0 Å². The second-order valence-corrected chi connectivity index (χ2v) is 8.23. The van der Waals surface area contributed by atoms with Crippen LogP contribution in [0.2, 0.25) is 0 Å². The number of anilines is 1. The van der Waals surface area contributed by atoms with Crippen LogP contribution < -0.4 is 10.6 Å². The molecule has 0 saturated heterocycles. The van der Waals surface area contributed by atoms with Crippen molar-refractivity contribution in [3.8, 4) is 0 Å². The van der Waals surface area contributed by atoms with Gasteiger partial charge in [0.25, 0.3) is 0 Å². The average molecular weight is 419 g/mol. The maximum atomic E-state index is 12.4. The van der Waals surface area contributed by atoms with Gasteiger partial charge in [0, 0.05) is 6.54 Å².